The Morgan fingerprint density at radius 1 is 1.30 bits per heavy atom. The molecule has 5 rings (SSSR count). The Bertz CT molecular complexity index is 1170. The van der Waals surface area contributed by atoms with Gasteiger partial charge in [0.2, 0.25) is 0 Å². The minimum Gasteiger partial charge on any atom is -0.478 e. The zero-order valence-electron chi connectivity index (χ0n) is 14.5. The van der Waals surface area contributed by atoms with Crippen molar-refractivity contribution >= 4 is 28.5 Å². The number of hydrogen-bond donors (Lipinski definition) is 1. The van der Waals surface area contributed by atoms with Crippen molar-refractivity contribution in [2.45, 2.75) is 38.3 Å². The Balaban J connectivity index is 1.58. The zero-order valence-corrected chi connectivity index (χ0v) is 14.5. The summed E-state index contributed by atoms with van der Waals surface area (Å²) in [7, 11) is 0. The number of carboxylic acid groups (broad SMARTS) is 1. The summed E-state index contributed by atoms with van der Waals surface area (Å²) < 4.78 is 3.55. The molecule has 0 unspecified atom stereocenters. The number of rotatable bonds is 3. The first kappa shape index (κ1) is 15.9. The van der Waals surface area contributed by atoms with Crippen LogP contribution in [0.2, 0.25) is 0 Å². The minimum absolute atomic E-state index is 0.117. The molecular formula is C19H17N5O3. The zero-order chi connectivity index (χ0) is 18.5. The van der Waals surface area contributed by atoms with Crippen LogP contribution in [0.4, 0.5) is 0 Å². The predicted octanol–water partition coefficient (Wildman–Crippen LogP) is 2.36. The molecule has 0 atom stereocenters. The topological polar surface area (TPSA) is 103 Å². The van der Waals surface area contributed by atoms with Gasteiger partial charge >= 0.3 is 5.97 Å². The van der Waals surface area contributed by atoms with Crippen LogP contribution in [0.15, 0.2) is 29.2 Å². The van der Waals surface area contributed by atoms with E-state index in [1.807, 2.05) is 17.0 Å². The molecule has 0 bridgehead atoms. The van der Waals surface area contributed by atoms with Gasteiger partial charge in [-0.05, 0) is 55.5 Å². The van der Waals surface area contributed by atoms with Crippen molar-refractivity contribution in [1.29, 1.82) is 0 Å². The molecule has 8 heteroatoms. The number of carboxylic acids is 1. The number of nitrogens with zero attached hydrogens (tertiary/aromatic N) is 5. The summed E-state index contributed by atoms with van der Waals surface area (Å²) in [6.45, 7) is 0.556. The van der Waals surface area contributed by atoms with Gasteiger partial charge < -0.3 is 5.11 Å². The monoisotopic (exact) mass is 363 g/mol. The van der Waals surface area contributed by atoms with Crippen molar-refractivity contribution in [1.82, 2.24) is 24.5 Å². The van der Waals surface area contributed by atoms with E-state index < -0.39 is 5.97 Å². The molecule has 136 valence electrons. The van der Waals surface area contributed by atoms with Crippen LogP contribution in [0, 0.1) is 0 Å². The number of aromatic carboxylic acids is 1. The number of allylic oxidation sites excluding steroid dienone is 1. The molecule has 0 saturated heterocycles. The maximum atomic E-state index is 12.8. The highest BCUT2D eigenvalue weighted by Crippen LogP contribution is 2.31. The molecule has 8 nitrogen and oxygen atoms in total. The Morgan fingerprint density at radius 2 is 2.15 bits per heavy atom. The van der Waals surface area contributed by atoms with Gasteiger partial charge in [0.05, 0.1) is 28.7 Å². The van der Waals surface area contributed by atoms with Crippen molar-refractivity contribution in [3.8, 4) is 0 Å². The number of benzene rings is 1. The third kappa shape index (κ3) is 2.56. The van der Waals surface area contributed by atoms with Gasteiger partial charge in [-0.2, -0.15) is 0 Å². The Labute approximate surface area is 153 Å². The van der Waals surface area contributed by atoms with Crippen molar-refractivity contribution in [3.63, 3.8) is 0 Å². The number of hydrogen-bond acceptors (Lipinski definition) is 5. The molecule has 0 spiro atoms. The SMILES string of the molecule is O=C(O)c1ccc2c(=O)n3c(nc2c1)/C(=C\c1cn(C2CCC2)nn1)CC3. The minimum atomic E-state index is -1.04. The van der Waals surface area contributed by atoms with Crippen LogP contribution < -0.4 is 5.56 Å². The fourth-order valence-corrected chi connectivity index (χ4v) is 3.65. The van der Waals surface area contributed by atoms with Crippen LogP contribution >= 0.6 is 0 Å². The van der Waals surface area contributed by atoms with Gasteiger partial charge in [-0.15, -0.1) is 5.10 Å². The first-order chi connectivity index (χ1) is 13.1. The second kappa shape index (κ2) is 5.87. The van der Waals surface area contributed by atoms with E-state index in [0.717, 1.165) is 24.1 Å². The maximum absolute atomic E-state index is 12.8. The van der Waals surface area contributed by atoms with Gasteiger partial charge in [0.15, 0.2) is 0 Å². The summed E-state index contributed by atoms with van der Waals surface area (Å²) in [5, 5.41) is 18.0. The number of fused-ring (bicyclic) bond motifs is 2. The third-order valence-electron chi connectivity index (χ3n) is 5.39. The summed E-state index contributed by atoms with van der Waals surface area (Å²) in [6.07, 6.45) is 8.03. The van der Waals surface area contributed by atoms with Crippen LogP contribution in [0.3, 0.4) is 0 Å². The van der Waals surface area contributed by atoms with Crippen LogP contribution in [-0.2, 0) is 6.54 Å². The van der Waals surface area contributed by atoms with E-state index in [4.69, 9.17) is 0 Å². The highest BCUT2D eigenvalue weighted by atomic mass is 16.4. The van der Waals surface area contributed by atoms with Gasteiger partial charge in [-0.1, -0.05) is 5.21 Å². The maximum Gasteiger partial charge on any atom is 0.335 e. The van der Waals surface area contributed by atoms with E-state index in [1.54, 1.807) is 4.57 Å². The summed E-state index contributed by atoms with van der Waals surface area (Å²) in [4.78, 5) is 28.6. The van der Waals surface area contributed by atoms with Crippen molar-refractivity contribution in [2.75, 3.05) is 0 Å². The number of aromatic nitrogens is 5. The standard InChI is InChI=1S/C19H17N5O3/c25-18-15-5-4-12(19(26)27)9-16(15)20-17-11(6-7-23(17)18)8-13-10-24(22-21-13)14-2-1-3-14/h4-5,8-10,14H,1-3,6-7H2,(H,26,27)/b11-8-. The molecule has 1 aromatic carbocycles. The Morgan fingerprint density at radius 3 is 2.89 bits per heavy atom. The van der Waals surface area contributed by atoms with Crippen molar-refractivity contribution < 1.29 is 9.90 Å². The summed E-state index contributed by atoms with van der Waals surface area (Å²) >= 11 is 0. The van der Waals surface area contributed by atoms with E-state index in [9.17, 15) is 14.7 Å². The van der Waals surface area contributed by atoms with E-state index in [2.05, 4.69) is 15.3 Å². The first-order valence-electron chi connectivity index (χ1n) is 9.01. The molecule has 2 aromatic heterocycles. The van der Waals surface area contributed by atoms with E-state index in [-0.39, 0.29) is 11.1 Å². The molecule has 27 heavy (non-hydrogen) atoms. The normalized spacial score (nSPS) is 18.0. The van der Waals surface area contributed by atoms with Crippen molar-refractivity contribution in [3.05, 3.63) is 51.8 Å². The molecule has 3 aromatic rings. The van der Waals surface area contributed by atoms with Crippen molar-refractivity contribution in [2.24, 2.45) is 0 Å². The van der Waals surface area contributed by atoms with Gasteiger partial charge in [0.25, 0.3) is 5.56 Å². The van der Waals surface area contributed by atoms with Crippen LogP contribution in [-0.4, -0.2) is 35.6 Å². The van der Waals surface area contributed by atoms with E-state index in [1.165, 1.54) is 24.6 Å². The highest BCUT2D eigenvalue weighted by Gasteiger charge is 2.23. The molecule has 0 radical (unpaired) electrons. The molecule has 3 heterocycles. The van der Waals surface area contributed by atoms with Crippen LogP contribution in [0.1, 0.15) is 53.6 Å². The summed E-state index contributed by atoms with van der Waals surface area (Å²) in [5.74, 6) is -0.462. The molecule has 0 amide bonds. The van der Waals surface area contributed by atoms with Gasteiger partial charge in [-0.25, -0.2) is 14.5 Å². The lowest BCUT2D eigenvalue weighted by molar-refractivity contribution is 0.0697. The quantitative estimate of drug-likeness (QED) is 0.766. The lowest BCUT2D eigenvalue weighted by Gasteiger charge is -2.24. The average molecular weight is 363 g/mol. The molecule has 1 fully saturated rings. The fraction of sp³-hybridized carbons (Fsp3) is 0.316. The highest BCUT2D eigenvalue weighted by molar-refractivity contribution is 5.93. The fourth-order valence-electron chi connectivity index (χ4n) is 3.65. The molecule has 1 saturated carbocycles. The first-order valence-corrected chi connectivity index (χ1v) is 9.01. The predicted molar refractivity (Wildman–Crippen MR) is 98.4 cm³/mol. The molecule has 1 N–H and O–H groups in total. The van der Waals surface area contributed by atoms with Crippen LogP contribution in [0.25, 0.3) is 22.6 Å². The molecule has 1 aliphatic heterocycles. The van der Waals surface area contributed by atoms with E-state index >= 15 is 0 Å². The number of carbonyl (C=O) groups is 1. The average Bonchev–Trinajstić information content (AvgIpc) is 3.21. The second-order valence-corrected chi connectivity index (χ2v) is 7.06. The van der Waals surface area contributed by atoms with E-state index in [0.29, 0.717) is 35.7 Å². The lowest BCUT2D eigenvalue weighted by atomic mass is 9.93. The van der Waals surface area contributed by atoms with Gasteiger partial charge in [0, 0.05) is 6.54 Å². The summed E-state index contributed by atoms with van der Waals surface area (Å²) in [6, 6.07) is 4.86. The van der Waals surface area contributed by atoms with Crippen LogP contribution in [0.5, 0.6) is 0 Å². The smallest absolute Gasteiger partial charge is 0.335 e. The Hall–Kier alpha value is -3.29. The lowest BCUT2D eigenvalue weighted by Crippen LogP contribution is -2.21. The second-order valence-electron chi connectivity index (χ2n) is 7.06. The third-order valence-corrected chi connectivity index (χ3v) is 5.39. The molecule has 1 aliphatic carbocycles. The Kier molecular flexibility index (Phi) is 3.46. The summed E-state index contributed by atoms with van der Waals surface area (Å²) in [5.41, 5.74) is 2.03. The largest absolute Gasteiger partial charge is 0.478 e. The van der Waals surface area contributed by atoms with Gasteiger partial charge in [-0.3, -0.25) is 9.36 Å². The molecule has 2 aliphatic rings. The van der Waals surface area contributed by atoms with Gasteiger partial charge in [0.1, 0.15) is 11.5 Å². The molecular weight excluding hydrogens is 346 g/mol.